The van der Waals surface area contributed by atoms with Crippen LogP contribution >= 0.6 is 0 Å². The fourth-order valence-electron chi connectivity index (χ4n) is 2.43. The summed E-state index contributed by atoms with van der Waals surface area (Å²) >= 11 is 0. The number of hydrogen-bond acceptors (Lipinski definition) is 3. The van der Waals surface area contributed by atoms with Gasteiger partial charge >= 0.3 is 0 Å². The predicted octanol–water partition coefficient (Wildman–Crippen LogP) is 1.92. The number of hydrogen-bond donors (Lipinski definition) is 1. The lowest BCUT2D eigenvalue weighted by Gasteiger charge is -2.31. The number of nitrogens with zero attached hydrogens (tertiary/aromatic N) is 1. The van der Waals surface area contributed by atoms with E-state index in [0.29, 0.717) is 11.8 Å². The summed E-state index contributed by atoms with van der Waals surface area (Å²) in [5.41, 5.74) is 0.963. The van der Waals surface area contributed by atoms with Crippen LogP contribution in [0.4, 0.5) is 0 Å². The second kappa shape index (κ2) is 4.24. The number of hydrazone groups is 1. The third-order valence-electron chi connectivity index (χ3n) is 3.53. The lowest BCUT2D eigenvalue weighted by atomic mass is 9.74. The Bertz CT molecular complexity index is 605. The van der Waals surface area contributed by atoms with Gasteiger partial charge in [-0.25, -0.2) is 4.83 Å². The van der Waals surface area contributed by atoms with Gasteiger partial charge in [0.2, 0.25) is 0 Å². The van der Waals surface area contributed by atoms with Gasteiger partial charge in [0.1, 0.15) is 0 Å². The van der Waals surface area contributed by atoms with E-state index in [-0.39, 0.29) is 4.90 Å². The normalized spacial score (nSPS) is 27.9. The van der Waals surface area contributed by atoms with E-state index in [1.165, 1.54) is 0 Å². The molecule has 5 heteroatoms. The smallest absolute Gasteiger partial charge is 0.200 e. The summed E-state index contributed by atoms with van der Waals surface area (Å²) in [7, 11) is -3.52. The summed E-state index contributed by atoms with van der Waals surface area (Å²) < 4.78 is 23.9. The highest BCUT2D eigenvalue weighted by molar-refractivity contribution is 7.89. The van der Waals surface area contributed by atoms with E-state index in [0.717, 1.165) is 18.6 Å². The minimum Gasteiger partial charge on any atom is -0.200 e. The van der Waals surface area contributed by atoms with Crippen molar-refractivity contribution < 1.29 is 8.42 Å². The zero-order valence-corrected chi connectivity index (χ0v) is 10.6. The first-order chi connectivity index (χ1) is 8.67. The van der Waals surface area contributed by atoms with Crippen LogP contribution in [0, 0.1) is 11.8 Å². The van der Waals surface area contributed by atoms with Crippen LogP contribution in [0.1, 0.15) is 12.8 Å². The van der Waals surface area contributed by atoms with Gasteiger partial charge in [0.15, 0.2) is 0 Å². The van der Waals surface area contributed by atoms with Crippen molar-refractivity contribution in [2.24, 2.45) is 16.9 Å². The summed E-state index contributed by atoms with van der Waals surface area (Å²) in [6, 6.07) is 8.29. The molecule has 0 bridgehead atoms. The van der Waals surface area contributed by atoms with Crippen molar-refractivity contribution in [3.05, 3.63) is 42.5 Å². The minimum atomic E-state index is -3.52. The van der Waals surface area contributed by atoms with E-state index in [2.05, 4.69) is 22.1 Å². The Balaban J connectivity index is 1.72. The summed E-state index contributed by atoms with van der Waals surface area (Å²) in [6.45, 7) is 0. The average molecular weight is 262 g/mol. The molecule has 2 aliphatic rings. The molecule has 3 rings (SSSR count). The first-order valence-electron chi connectivity index (χ1n) is 5.97. The predicted molar refractivity (Wildman–Crippen MR) is 69.6 cm³/mol. The van der Waals surface area contributed by atoms with E-state index >= 15 is 0 Å². The Kier molecular flexibility index (Phi) is 2.70. The molecular formula is C13H14N2O2S. The van der Waals surface area contributed by atoms with Gasteiger partial charge in [0, 0.05) is 11.6 Å². The summed E-state index contributed by atoms with van der Waals surface area (Å²) in [6.07, 6.45) is 6.19. The van der Waals surface area contributed by atoms with Crippen LogP contribution in [0.3, 0.4) is 0 Å². The molecule has 4 nitrogen and oxygen atoms in total. The van der Waals surface area contributed by atoms with Gasteiger partial charge in [-0.05, 0) is 30.9 Å². The van der Waals surface area contributed by atoms with Gasteiger partial charge in [-0.1, -0.05) is 30.4 Å². The highest BCUT2D eigenvalue weighted by Crippen LogP contribution is 2.40. The lowest BCUT2D eigenvalue weighted by molar-refractivity contribution is 0.463. The molecular weight excluding hydrogens is 248 g/mol. The molecule has 2 aliphatic carbocycles. The van der Waals surface area contributed by atoms with E-state index in [1.807, 2.05) is 0 Å². The van der Waals surface area contributed by atoms with Crippen LogP contribution in [0.15, 0.2) is 52.5 Å². The van der Waals surface area contributed by atoms with Crippen molar-refractivity contribution in [2.75, 3.05) is 0 Å². The molecule has 1 aromatic carbocycles. The van der Waals surface area contributed by atoms with Crippen molar-refractivity contribution in [1.82, 2.24) is 4.83 Å². The van der Waals surface area contributed by atoms with Crippen LogP contribution in [-0.4, -0.2) is 14.1 Å². The maximum absolute atomic E-state index is 11.9. The molecule has 2 unspecified atom stereocenters. The molecule has 1 aromatic rings. The van der Waals surface area contributed by atoms with Gasteiger partial charge in [0.25, 0.3) is 10.0 Å². The van der Waals surface area contributed by atoms with Gasteiger partial charge < -0.3 is 0 Å². The molecule has 18 heavy (non-hydrogen) atoms. The molecule has 1 saturated carbocycles. The first-order valence-corrected chi connectivity index (χ1v) is 7.45. The van der Waals surface area contributed by atoms with E-state index in [1.54, 1.807) is 30.3 Å². The molecule has 1 N–H and O–H groups in total. The Morgan fingerprint density at radius 1 is 1.22 bits per heavy atom. The fraction of sp³-hybridized carbons (Fsp3) is 0.308. The standard InChI is InChI=1S/C13H14N2O2S/c16-18(17,11-6-2-1-3-7-11)15-14-13-9-10-5-4-8-12(10)13/h1-7,10,12,15H,8-9H2. The van der Waals surface area contributed by atoms with Crippen LogP contribution in [0.2, 0.25) is 0 Å². The van der Waals surface area contributed by atoms with Crippen LogP contribution in [0.5, 0.6) is 0 Å². The minimum absolute atomic E-state index is 0.245. The monoisotopic (exact) mass is 262 g/mol. The van der Waals surface area contributed by atoms with Crippen molar-refractivity contribution in [3.8, 4) is 0 Å². The molecule has 0 aliphatic heterocycles. The Morgan fingerprint density at radius 2 is 2.00 bits per heavy atom. The molecule has 0 heterocycles. The van der Waals surface area contributed by atoms with E-state index < -0.39 is 10.0 Å². The summed E-state index contributed by atoms with van der Waals surface area (Å²) in [5.74, 6) is 0.994. The van der Waals surface area contributed by atoms with E-state index in [4.69, 9.17) is 0 Å². The fourth-order valence-corrected chi connectivity index (χ4v) is 3.29. The Morgan fingerprint density at radius 3 is 2.72 bits per heavy atom. The van der Waals surface area contributed by atoms with Crippen molar-refractivity contribution in [3.63, 3.8) is 0 Å². The zero-order valence-electron chi connectivity index (χ0n) is 9.78. The number of fused-ring (bicyclic) bond motifs is 1. The van der Waals surface area contributed by atoms with Crippen LogP contribution < -0.4 is 4.83 Å². The zero-order chi connectivity index (χ0) is 12.6. The van der Waals surface area contributed by atoms with Crippen LogP contribution in [-0.2, 0) is 10.0 Å². The number of rotatable bonds is 3. The molecule has 2 atom stereocenters. The molecule has 0 saturated heterocycles. The Labute approximate surface area is 106 Å². The topological polar surface area (TPSA) is 58.5 Å². The summed E-state index contributed by atoms with van der Waals surface area (Å²) in [4.78, 5) is 2.57. The van der Waals surface area contributed by atoms with Crippen molar-refractivity contribution in [2.45, 2.75) is 17.7 Å². The maximum Gasteiger partial charge on any atom is 0.276 e. The second-order valence-corrected chi connectivity index (χ2v) is 6.31. The number of nitrogens with one attached hydrogen (secondary N) is 1. The molecule has 1 fully saturated rings. The molecule has 0 spiro atoms. The summed E-state index contributed by atoms with van der Waals surface area (Å²) in [5, 5.41) is 4.06. The van der Waals surface area contributed by atoms with E-state index in [9.17, 15) is 8.42 Å². The van der Waals surface area contributed by atoms with Crippen LogP contribution in [0.25, 0.3) is 0 Å². The first kappa shape index (κ1) is 11.5. The SMILES string of the molecule is O=S(=O)(NN=C1CC2C=CCC12)c1ccccc1. The van der Waals surface area contributed by atoms with Gasteiger partial charge in [-0.15, -0.1) is 0 Å². The third-order valence-corrected chi connectivity index (χ3v) is 4.75. The molecule has 0 aromatic heterocycles. The second-order valence-electron chi connectivity index (χ2n) is 4.65. The van der Waals surface area contributed by atoms with Gasteiger partial charge in [-0.2, -0.15) is 13.5 Å². The van der Waals surface area contributed by atoms with Gasteiger partial charge in [0.05, 0.1) is 4.90 Å². The lowest BCUT2D eigenvalue weighted by Crippen LogP contribution is -2.35. The highest BCUT2D eigenvalue weighted by Gasteiger charge is 2.38. The third kappa shape index (κ3) is 1.95. The molecule has 0 amide bonds. The number of sulfonamides is 1. The van der Waals surface area contributed by atoms with Crippen molar-refractivity contribution >= 4 is 15.7 Å². The van der Waals surface area contributed by atoms with Gasteiger partial charge in [-0.3, -0.25) is 0 Å². The molecule has 94 valence electrons. The number of benzene rings is 1. The largest absolute Gasteiger partial charge is 0.276 e. The maximum atomic E-state index is 11.9. The highest BCUT2D eigenvalue weighted by atomic mass is 32.2. The number of allylic oxidation sites excluding steroid dienone is 2. The average Bonchev–Trinajstić information content (AvgIpc) is 2.72. The quantitative estimate of drug-likeness (QED) is 0.668. The van der Waals surface area contributed by atoms with Crippen molar-refractivity contribution in [1.29, 1.82) is 0 Å². The Hall–Kier alpha value is -1.62. The molecule has 0 radical (unpaired) electrons.